The van der Waals surface area contributed by atoms with Gasteiger partial charge in [0.05, 0.1) is 15.4 Å². The van der Waals surface area contributed by atoms with Gasteiger partial charge in [0, 0.05) is 23.7 Å². The highest BCUT2D eigenvalue weighted by Crippen LogP contribution is 2.51. The lowest BCUT2D eigenvalue weighted by Gasteiger charge is -2.36. The Hall–Kier alpha value is -0.810. The summed E-state index contributed by atoms with van der Waals surface area (Å²) in [5, 5.41) is 13.1. The van der Waals surface area contributed by atoms with Crippen molar-refractivity contribution in [1.29, 1.82) is 0 Å². The van der Waals surface area contributed by atoms with Crippen molar-refractivity contribution in [3.05, 3.63) is 21.3 Å². The van der Waals surface area contributed by atoms with Gasteiger partial charge in [0.25, 0.3) is 0 Å². The summed E-state index contributed by atoms with van der Waals surface area (Å²) in [6.07, 6.45) is 4.82. The zero-order chi connectivity index (χ0) is 13.6. The van der Waals surface area contributed by atoms with Gasteiger partial charge in [-0.15, -0.1) is 0 Å². The van der Waals surface area contributed by atoms with Crippen LogP contribution in [0.2, 0.25) is 5.02 Å². The summed E-state index contributed by atoms with van der Waals surface area (Å²) in [6.45, 7) is 0.803. The second-order valence-corrected chi connectivity index (χ2v) is 6.62. The maximum absolute atomic E-state index is 11.1. The molecule has 102 valence electrons. The van der Waals surface area contributed by atoms with E-state index in [2.05, 4.69) is 26.2 Å². The number of nitrogens with one attached hydrogen (secondary N) is 1. The molecule has 3 rings (SSSR count). The van der Waals surface area contributed by atoms with Crippen LogP contribution in [0.25, 0.3) is 0 Å². The number of carboxylic acids is 1. The molecule has 4 nitrogen and oxygen atoms in total. The Labute approximate surface area is 124 Å². The minimum absolute atomic E-state index is 0.0465. The topological polar surface area (TPSA) is 62.2 Å². The number of halogens is 2. The van der Waals surface area contributed by atoms with Crippen LogP contribution in [0.1, 0.15) is 31.2 Å². The summed E-state index contributed by atoms with van der Waals surface area (Å²) >= 11 is 9.83. The molecule has 6 heteroatoms. The van der Waals surface area contributed by atoms with Crippen molar-refractivity contribution in [3.8, 4) is 0 Å². The van der Waals surface area contributed by atoms with E-state index in [-0.39, 0.29) is 11.3 Å². The van der Waals surface area contributed by atoms with E-state index in [0.717, 1.165) is 35.2 Å². The van der Waals surface area contributed by atoms with Crippen LogP contribution in [0.5, 0.6) is 0 Å². The van der Waals surface area contributed by atoms with Crippen LogP contribution in [0.15, 0.2) is 10.7 Å². The maximum Gasteiger partial charge on any atom is 0.306 e. The molecule has 0 saturated heterocycles. The standard InChI is InChI=1S/C13H14BrClN2O2/c14-8-5-16-11-9(10(8)15)13(6-17-11)3-1-7(2-4-13)12(18)19/h5,7H,1-4,6H2,(H,16,17)(H,18,19). The first-order valence-corrected chi connectivity index (χ1v) is 7.52. The molecule has 0 atom stereocenters. The molecule has 1 saturated carbocycles. The van der Waals surface area contributed by atoms with Gasteiger partial charge in [-0.25, -0.2) is 4.98 Å². The number of rotatable bonds is 1. The van der Waals surface area contributed by atoms with Gasteiger partial charge in [0.1, 0.15) is 5.82 Å². The van der Waals surface area contributed by atoms with Gasteiger partial charge >= 0.3 is 5.97 Å². The molecule has 19 heavy (non-hydrogen) atoms. The van der Waals surface area contributed by atoms with E-state index >= 15 is 0 Å². The highest BCUT2D eigenvalue weighted by atomic mass is 79.9. The monoisotopic (exact) mass is 344 g/mol. The van der Waals surface area contributed by atoms with E-state index < -0.39 is 5.97 Å². The van der Waals surface area contributed by atoms with Crippen molar-refractivity contribution in [2.75, 3.05) is 11.9 Å². The van der Waals surface area contributed by atoms with Crippen molar-refractivity contribution >= 4 is 39.3 Å². The summed E-state index contributed by atoms with van der Waals surface area (Å²) in [6, 6.07) is 0. The summed E-state index contributed by atoms with van der Waals surface area (Å²) in [7, 11) is 0. The second kappa shape index (κ2) is 4.63. The number of carboxylic acid groups (broad SMARTS) is 1. The van der Waals surface area contributed by atoms with Crippen LogP contribution in [0.3, 0.4) is 0 Å². The van der Waals surface area contributed by atoms with Crippen LogP contribution in [0, 0.1) is 5.92 Å². The highest BCUT2D eigenvalue weighted by Gasteiger charge is 2.45. The van der Waals surface area contributed by atoms with Crippen LogP contribution in [-0.4, -0.2) is 22.6 Å². The van der Waals surface area contributed by atoms with Gasteiger partial charge < -0.3 is 10.4 Å². The van der Waals surface area contributed by atoms with Crippen LogP contribution in [0.4, 0.5) is 5.82 Å². The number of hydrogen-bond donors (Lipinski definition) is 2. The van der Waals surface area contributed by atoms with Crippen molar-refractivity contribution in [1.82, 2.24) is 4.98 Å². The molecule has 1 aliphatic carbocycles. The number of fused-ring (bicyclic) bond motifs is 2. The van der Waals surface area contributed by atoms with E-state index in [1.54, 1.807) is 6.20 Å². The highest BCUT2D eigenvalue weighted by molar-refractivity contribution is 9.10. The van der Waals surface area contributed by atoms with Gasteiger partial charge in [-0.1, -0.05) is 11.6 Å². The van der Waals surface area contributed by atoms with Crippen molar-refractivity contribution in [2.45, 2.75) is 31.1 Å². The molecule has 2 heterocycles. The van der Waals surface area contributed by atoms with E-state index in [1.807, 2.05) is 0 Å². The van der Waals surface area contributed by atoms with Gasteiger partial charge in [0.15, 0.2) is 0 Å². The third-order valence-electron chi connectivity index (χ3n) is 4.39. The molecule has 2 N–H and O–H groups in total. The Balaban J connectivity index is 1.94. The van der Waals surface area contributed by atoms with Gasteiger partial charge in [-0.05, 0) is 41.6 Å². The molecule has 0 bridgehead atoms. The SMILES string of the molecule is O=C(O)C1CCC2(CC1)CNc1ncc(Br)c(Cl)c12. The fourth-order valence-corrected chi connectivity index (χ4v) is 3.91. The fraction of sp³-hybridized carbons (Fsp3) is 0.538. The minimum Gasteiger partial charge on any atom is -0.481 e. The third kappa shape index (κ3) is 2.03. The summed E-state index contributed by atoms with van der Waals surface area (Å²) < 4.78 is 0.802. The number of anilines is 1. The van der Waals surface area contributed by atoms with Crippen LogP contribution in [-0.2, 0) is 10.2 Å². The van der Waals surface area contributed by atoms with E-state index in [1.165, 1.54) is 0 Å². The predicted octanol–water partition coefficient (Wildman–Crippen LogP) is 3.44. The van der Waals surface area contributed by atoms with Crippen molar-refractivity contribution in [3.63, 3.8) is 0 Å². The zero-order valence-electron chi connectivity index (χ0n) is 10.2. The average Bonchev–Trinajstić information content (AvgIpc) is 2.74. The molecule has 1 aromatic heterocycles. The molecule has 0 unspecified atom stereocenters. The molecule has 2 aliphatic rings. The second-order valence-electron chi connectivity index (χ2n) is 5.39. The third-order valence-corrected chi connectivity index (χ3v) is 5.61. The van der Waals surface area contributed by atoms with Crippen LogP contribution < -0.4 is 5.32 Å². The van der Waals surface area contributed by atoms with Crippen LogP contribution >= 0.6 is 27.5 Å². The Morgan fingerprint density at radius 1 is 1.53 bits per heavy atom. The molecule has 1 spiro atoms. The van der Waals surface area contributed by atoms with Gasteiger partial charge in [-0.2, -0.15) is 0 Å². The number of carbonyl (C=O) groups is 1. The average molecular weight is 346 g/mol. The molecular formula is C13H14BrClN2O2. The fourth-order valence-electron chi connectivity index (χ4n) is 3.27. The van der Waals surface area contributed by atoms with Crippen molar-refractivity contribution < 1.29 is 9.90 Å². The molecule has 0 amide bonds. The summed E-state index contributed by atoms with van der Waals surface area (Å²) in [5.41, 5.74) is 1.02. The minimum atomic E-state index is -0.681. The number of hydrogen-bond acceptors (Lipinski definition) is 3. The van der Waals surface area contributed by atoms with Crippen molar-refractivity contribution in [2.24, 2.45) is 5.92 Å². The number of aliphatic carboxylic acids is 1. The Morgan fingerprint density at radius 2 is 2.21 bits per heavy atom. The molecular weight excluding hydrogens is 332 g/mol. The first-order valence-electron chi connectivity index (χ1n) is 6.35. The first-order chi connectivity index (χ1) is 9.03. The lowest BCUT2D eigenvalue weighted by atomic mass is 9.68. The molecule has 0 aromatic carbocycles. The quantitative estimate of drug-likeness (QED) is 0.818. The molecule has 1 aliphatic heterocycles. The Bertz CT molecular complexity index is 542. The van der Waals surface area contributed by atoms with Gasteiger partial charge in [-0.3, -0.25) is 4.79 Å². The van der Waals surface area contributed by atoms with Gasteiger partial charge in [0.2, 0.25) is 0 Å². The number of aromatic nitrogens is 1. The largest absolute Gasteiger partial charge is 0.481 e. The number of nitrogens with zero attached hydrogens (tertiary/aromatic N) is 1. The first kappa shape index (κ1) is 13.2. The Morgan fingerprint density at radius 3 is 2.84 bits per heavy atom. The molecule has 1 aromatic rings. The zero-order valence-corrected chi connectivity index (χ0v) is 12.6. The summed E-state index contributed by atoms with van der Waals surface area (Å²) in [5.74, 6) is -0.0463. The van der Waals surface area contributed by atoms with E-state index in [4.69, 9.17) is 16.7 Å². The molecule has 1 fully saturated rings. The molecule has 0 radical (unpaired) electrons. The Kier molecular flexibility index (Phi) is 3.21. The normalized spacial score (nSPS) is 29.1. The lowest BCUT2D eigenvalue weighted by molar-refractivity contribution is -0.143. The summed E-state index contributed by atoms with van der Waals surface area (Å²) in [4.78, 5) is 15.4. The maximum atomic E-state index is 11.1. The predicted molar refractivity (Wildman–Crippen MR) is 76.7 cm³/mol. The van der Waals surface area contributed by atoms with E-state index in [0.29, 0.717) is 17.9 Å². The number of pyridine rings is 1. The lowest BCUT2D eigenvalue weighted by Crippen LogP contribution is -2.35. The van der Waals surface area contributed by atoms with E-state index in [9.17, 15) is 4.79 Å². The smallest absolute Gasteiger partial charge is 0.306 e.